The molecule has 2 aromatic rings. The minimum absolute atomic E-state index is 0.283. The maximum atomic E-state index is 6.16. The summed E-state index contributed by atoms with van der Waals surface area (Å²) in [6.07, 6.45) is 5.15. The Kier molecular flexibility index (Phi) is 4.37. The van der Waals surface area contributed by atoms with Crippen molar-refractivity contribution < 1.29 is 0 Å². The number of rotatable bonds is 5. The minimum atomic E-state index is -0.283. The van der Waals surface area contributed by atoms with Crippen LogP contribution in [0.15, 0.2) is 17.9 Å². The molecule has 0 saturated carbocycles. The van der Waals surface area contributed by atoms with E-state index in [1.807, 2.05) is 11.6 Å². The number of halogens is 1. The summed E-state index contributed by atoms with van der Waals surface area (Å²) in [5.41, 5.74) is 0.685. The first kappa shape index (κ1) is 14.2. The van der Waals surface area contributed by atoms with E-state index in [0.717, 1.165) is 29.2 Å². The van der Waals surface area contributed by atoms with Crippen LogP contribution in [0.3, 0.4) is 0 Å². The van der Waals surface area contributed by atoms with Crippen LogP contribution >= 0.6 is 22.9 Å². The molecule has 1 N–H and O–H groups in total. The van der Waals surface area contributed by atoms with Crippen molar-refractivity contribution in [2.24, 2.45) is 0 Å². The van der Waals surface area contributed by atoms with Gasteiger partial charge < -0.3 is 5.32 Å². The van der Waals surface area contributed by atoms with Crippen molar-refractivity contribution in [3.63, 3.8) is 0 Å². The highest BCUT2D eigenvalue weighted by Crippen LogP contribution is 2.29. The van der Waals surface area contributed by atoms with Crippen LogP contribution in [0.2, 0.25) is 5.15 Å². The summed E-state index contributed by atoms with van der Waals surface area (Å²) in [4.78, 5) is 12.7. The minimum Gasteiger partial charge on any atom is -0.358 e. The van der Waals surface area contributed by atoms with Gasteiger partial charge in [-0.2, -0.15) is 0 Å². The molecule has 19 heavy (non-hydrogen) atoms. The summed E-state index contributed by atoms with van der Waals surface area (Å²) in [5.74, 6) is 0.794. The van der Waals surface area contributed by atoms with Gasteiger partial charge in [-0.1, -0.05) is 24.9 Å². The molecule has 0 saturated heterocycles. The van der Waals surface area contributed by atoms with Gasteiger partial charge in [0.2, 0.25) is 0 Å². The highest BCUT2D eigenvalue weighted by Gasteiger charge is 2.25. The maximum absolute atomic E-state index is 6.16. The van der Waals surface area contributed by atoms with Crippen LogP contribution in [0.5, 0.6) is 0 Å². The van der Waals surface area contributed by atoms with E-state index in [4.69, 9.17) is 11.6 Å². The summed E-state index contributed by atoms with van der Waals surface area (Å²) >= 11 is 7.78. The number of hydrogen-bond acceptors (Lipinski definition) is 5. The molecule has 0 aliphatic carbocycles. The van der Waals surface area contributed by atoms with E-state index in [1.54, 1.807) is 11.3 Å². The highest BCUT2D eigenvalue weighted by atomic mass is 35.5. The Morgan fingerprint density at radius 3 is 2.74 bits per heavy atom. The van der Waals surface area contributed by atoms with Gasteiger partial charge in [-0.15, -0.1) is 11.3 Å². The predicted molar refractivity (Wildman–Crippen MR) is 79.8 cm³/mol. The lowest BCUT2D eigenvalue weighted by Gasteiger charge is -2.25. The SMILES string of the molecule is CCCc1c(Cl)ncnc1NC(C)(C)c1nccs1. The van der Waals surface area contributed by atoms with Crippen molar-refractivity contribution in [2.45, 2.75) is 39.2 Å². The average Bonchev–Trinajstić information content (AvgIpc) is 2.88. The van der Waals surface area contributed by atoms with E-state index in [0.29, 0.717) is 5.15 Å². The first-order valence-electron chi connectivity index (χ1n) is 6.22. The maximum Gasteiger partial charge on any atom is 0.137 e. The van der Waals surface area contributed by atoms with Gasteiger partial charge in [0.05, 0.1) is 5.54 Å². The second kappa shape index (κ2) is 5.84. The van der Waals surface area contributed by atoms with Crippen LogP contribution in [0.1, 0.15) is 37.8 Å². The number of hydrogen-bond donors (Lipinski definition) is 1. The summed E-state index contributed by atoms with van der Waals surface area (Å²) < 4.78 is 0. The number of thiazole rings is 1. The zero-order chi connectivity index (χ0) is 13.9. The third-order valence-electron chi connectivity index (χ3n) is 2.79. The normalized spacial score (nSPS) is 11.6. The van der Waals surface area contributed by atoms with Crippen molar-refractivity contribution >= 4 is 28.8 Å². The fourth-order valence-corrected chi connectivity index (χ4v) is 2.80. The first-order valence-corrected chi connectivity index (χ1v) is 7.48. The Labute approximate surface area is 122 Å². The molecular weight excluding hydrogens is 280 g/mol. The summed E-state index contributed by atoms with van der Waals surface area (Å²) in [6, 6.07) is 0. The van der Waals surface area contributed by atoms with E-state index in [1.165, 1.54) is 6.33 Å². The Morgan fingerprint density at radius 2 is 2.11 bits per heavy atom. The molecule has 0 aliphatic heterocycles. The van der Waals surface area contributed by atoms with Crippen LogP contribution in [-0.4, -0.2) is 15.0 Å². The second-order valence-corrected chi connectivity index (χ2v) is 6.08. The molecule has 2 heterocycles. The van der Waals surface area contributed by atoms with Crippen molar-refractivity contribution in [3.05, 3.63) is 33.6 Å². The van der Waals surface area contributed by atoms with Crippen LogP contribution in [0.25, 0.3) is 0 Å². The molecule has 0 bridgehead atoms. The average molecular weight is 297 g/mol. The molecule has 0 atom stereocenters. The van der Waals surface area contributed by atoms with Gasteiger partial charge in [0.1, 0.15) is 22.3 Å². The van der Waals surface area contributed by atoms with Crippen molar-refractivity contribution in [1.29, 1.82) is 0 Å². The lowest BCUT2D eigenvalue weighted by Crippen LogP contribution is -2.29. The number of anilines is 1. The topological polar surface area (TPSA) is 50.7 Å². The molecule has 0 spiro atoms. The monoisotopic (exact) mass is 296 g/mol. The molecule has 0 aliphatic rings. The van der Waals surface area contributed by atoms with Crippen LogP contribution in [0.4, 0.5) is 5.82 Å². The van der Waals surface area contributed by atoms with Crippen LogP contribution in [-0.2, 0) is 12.0 Å². The van der Waals surface area contributed by atoms with E-state index in [2.05, 4.69) is 41.0 Å². The molecule has 0 fully saturated rings. The Morgan fingerprint density at radius 1 is 1.32 bits per heavy atom. The quantitative estimate of drug-likeness (QED) is 0.851. The molecule has 2 rings (SSSR count). The van der Waals surface area contributed by atoms with Crippen LogP contribution in [0, 0.1) is 0 Å². The van der Waals surface area contributed by atoms with E-state index >= 15 is 0 Å². The van der Waals surface area contributed by atoms with Gasteiger partial charge in [0, 0.05) is 17.1 Å². The van der Waals surface area contributed by atoms with Gasteiger partial charge in [0.15, 0.2) is 0 Å². The first-order chi connectivity index (χ1) is 9.04. The molecular formula is C13H17ClN4S. The van der Waals surface area contributed by atoms with Gasteiger partial charge >= 0.3 is 0 Å². The van der Waals surface area contributed by atoms with Gasteiger partial charge in [-0.05, 0) is 20.3 Å². The third-order valence-corrected chi connectivity index (χ3v) is 4.21. The number of nitrogens with zero attached hydrogens (tertiary/aromatic N) is 3. The zero-order valence-corrected chi connectivity index (χ0v) is 12.8. The Balaban J connectivity index is 2.30. The molecule has 2 aromatic heterocycles. The molecule has 0 radical (unpaired) electrons. The van der Waals surface area contributed by atoms with Crippen molar-refractivity contribution in [3.8, 4) is 0 Å². The molecule has 102 valence electrons. The summed E-state index contributed by atoms with van der Waals surface area (Å²) in [5, 5.41) is 6.94. The van der Waals surface area contributed by atoms with E-state index < -0.39 is 0 Å². The molecule has 6 heteroatoms. The summed E-state index contributed by atoms with van der Waals surface area (Å²) in [6.45, 7) is 6.27. The van der Waals surface area contributed by atoms with E-state index in [9.17, 15) is 0 Å². The predicted octanol–water partition coefficient (Wildman–Crippen LogP) is 3.89. The smallest absolute Gasteiger partial charge is 0.137 e. The lowest BCUT2D eigenvalue weighted by atomic mass is 10.1. The van der Waals surface area contributed by atoms with Crippen LogP contribution < -0.4 is 5.32 Å². The standard InChI is InChI=1S/C13H17ClN4S/c1-4-5-9-10(14)16-8-17-11(9)18-13(2,3)12-15-6-7-19-12/h6-8H,4-5H2,1-3H3,(H,16,17,18). The van der Waals surface area contributed by atoms with Gasteiger partial charge in [-0.3, -0.25) is 0 Å². The molecule has 0 amide bonds. The third kappa shape index (κ3) is 3.22. The van der Waals surface area contributed by atoms with Gasteiger partial charge in [-0.25, -0.2) is 15.0 Å². The number of nitrogens with one attached hydrogen (secondary N) is 1. The van der Waals surface area contributed by atoms with E-state index in [-0.39, 0.29) is 5.54 Å². The number of aromatic nitrogens is 3. The fraction of sp³-hybridized carbons (Fsp3) is 0.462. The Hall–Kier alpha value is -1.20. The van der Waals surface area contributed by atoms with Crippen molar-refractivity contribution in [1.82, 2.24) is 15.0 Å². The lowest BCUT2D eigenvalue weighted by molar-refractivity contribution is 0.598. The zero-order valence-electron chi connectivity index (χ0n) is 11.3. The highest BCUT2D eigenvalue weighted by molar-refractivity contribution is 7.09. The molecule has 4 nitrogen and oxygen atoms in total. The van der Waals surface area contributed by atoms with Gasteiger partial charge in [0.25, 0.3) is 0 Å². The molecule has 0 aromatic carbocycles. The molecule has 0 unspecified atom stereocenters. The summed E-state index contributed by atoms with van der Waals surface area (Å²) in [7, 11) is 0. The van der Waals surface area contributed by atoms with Crippen molar-refractivity contribution in [2.75, 3.05) is 5.32 Å². The Bertz CT molecular complexity index is 540. The second-order valence-electron chi connectivity index (χ2n) is 4.83. The largest absolute Gasteiger partial charge is 0.358 e. The fourth-order valence-electron chi connectivity index (χ4n) is 1.85.